The molecule has 0 saturated carbocycles. The number of halogens is 1. The molecule has 0 aliphatic heterocycles. The lowest BCUT2D eigenvalue weighted by Gasteiger charge is -2.13. The average molecular weight is 376 g/mol. The molecular weight excluding hydrogens is 354 g/mol. The third-order valence-corrected chi connectivity index (χ3v) is 4.10. The number of benzene rings is 2. The van der Waals surface area contributed by atoms with Gasteiger partial charge >= 0.3 is 0 Å². The van der Waals surface area contributed by atoms with Crippen molar-refractivity contribution in [2.24, 2.45) is 0 Å². The lowest BCUT2D eigenvalue weighted by molar-refractivity contribution is -0.130. The first-order valence-corrected chi connectivity index (χ1v) is 8.46. The summed E-state index contributed by atoms with van der Waals surface area (Å²) >= 11 is 6.05. The zero-order chi connectivity index (χ0) is 19.1. The number of nitrogens with one attached hydrogen (secondary N) is 2. The van der Waals surface area contributed by atoms with E-state index in [1.54, 1.807) is 50.5 Å². The van der Waals surface area contributed by atoms with Crippen LogP contribution in [0.2, 0.25) is 5.02 Å². The Balaban J connectivity index is 1.89. The molecular formula is C19H22ClN3O3. The molecule has 0 radical (unpaired) electrons. The lowest BCUT2D eigenvalue weighted by atomic mass is 10.2. The molecule has 6 nitrogen and oxygen atoms in total. The van der Waals surface area contributed by atoms with Gasteiger partial charge in [0.25, 0.3) is 5.91 Å². The second-order valence-electron chi connectivity index (χ2n) is 5.92. The molecule has 0 heterocycles. The van der Waals surface area contributed by atoms with Gasteiger partial charge in [0.2, 0.25) is 5.91 Å². The number of hydrogen-bond acceptors (Lipinski definition) is 4. The number of rotatable bonds is 7. The lowest BCUT2D eigenvalue weighted by Crippen LogP contribution is -2.27. The number of anilines is 2. The highest BCUT2D eigenvalue weighted by Crippen LogP contribution is 2.23. The number of hydrogen-bond donors (Lipinski definition) is 2. The maximum atomic E-state index is 12.1. The molecule has 0 unspecified atom stereocenters. The first kappa shape index (κ1) is 19.6. The third kappa shape index (κ3) is 5.67. The topological polar surface area (TPSA) is 70.7 Å². The van der Waals surface area contributed by atoms with Gasteiger partial charge in [-0.1, -0.05) is 23.7 Å². The van der Waals surface area contributed by atoms with Crippen molar-refractivity contribution < 1.29 is 14.3 Å². The molecule has 0 spiro atoms. The summed E-state index contributed by atoms with van der Waals surface area (Å²) in [5.74, 6) is 0.236. The van der Waals surface area contributed by atoms with E-state index in [9.17, 15) is 9.59 Å². The van der Waals surface area contributed by atoms with Crippen LogP contribution in [0, 0.1) is 6.92 Å². The molecule has 2 aromatic carbocycles. The minimum absolute atomic E-state index is 0.0367. The van der Waals surface area contributed by atoms with E-state index in [1.807, 2.05) is 13.0 Å². The molecule has 0 bridgehead atoms. The van der Waals surface area contributed by atoms with Crippen molar-refractivity contribution in [1.82, 2.24) is 4.90 Å². The van der Waals surface area contributed by atoms with Crippen LogP contribution in [0.5, 0.6) is 5.75 Å². The summed E-state index contributed by atoms with van der Waals surface area (Å²) in [6.45, 7) is 1.90. The van der Waals surface area contributed by atoms with Gasteiger partial charge in [-0.15, -0.1) is 0 Å². The summed E-state index contributed by atoms with van der Waals surface area (Å²) in [7, 11) is 3.34. The van der Waals surface area contributed by atoms with Crippen LogP contribution in [0.1, 0.15) is 5.56 Å². The zero-order valence-corrected chi connectivity index (χ0v) is 15.8. The van der Waals surface area contributed by atoms with Crippen LogP contribution in [0.25, 0.3) is 0 Å². The summed E-state index contributed by atoms with van der Waals surface area (Å²) in [5, 5.41) is 6.45. The van der Waals surface area contributed by atoms with Crippen LogP contribution >= 0.6 is 11.6 Å². The molecule has 0 atom stereocenters. The number of carbonyl (C=O) groups excluding carboxylic acids is 2. The third-order valence-electron chi connectivity index (χ3n) is 3.69. The van der Waals surface area contributed by atoms with E-state index >= 15 is 0 Å². The molecule has 2 N–H and O–H groups in total. The summed E-state index contributed by atoms with van der Waals surface area (Å²) in [4.78, 5) is 25.2. The van der Waals surface area contributed by atoms with Crippen LogP contribution in [-0.4, -0.2) is 44.0 Å². The van der Waals surface area contributed by atoms with Gasteiger partial charge in [0.1, 0.15) is 5.75 Å². The van der Waals surface area contributed by atoms with E-state index in [1.165, 1.54) is 4.90 Å². The maximum absolute atomic E-state index is 12.1. The fraction of sp³-hybridized carbons (Fsp3) is 0.263. The van der Waals surface area contributed by atoms with E-state index in [-0.39, 0.29) is 25.0 Å². The molecule has 2 rings (SSSR count). The van der Waals surface area contributed by atoms with Crippen molar-refractivity contribution in [2.75, 3.05) is 37.9 Å². The standard InChI is InChI=1S/C19H22ClN3O3/c1-13-16(20)8-5-9-17(13)22-18(24)11-21-14-6-4-7-15(10-14)26-12-19(25)23(2)3/h4-10,21H,11-12H2,1-3H3,(H,22,24). The van der Waals surface area contributed by atoms with Gasteiger partial charge in [-0.2, -0.15) is 0 Å². The second kappa shape index (κ2) is 9.10. The number of amides is 2. The molecule has 0 aliphatic rings. The molecule has 26 heavy (non-hydrogen) atoms. The molecule has 2 aromatic rings. The Morgan fingerprint density at radius 3 is 2.62 bits per heavy atom. The predicted octanol–water partition coefficient (Wildman–Crippen LogP) is 3.17. The average Bonchev–Trinajstić information content (AvgIpc) is 2.62. The van der Waals surface area contributed by atoms with Crippen molar-refractivity contribution in [3.8, 4) is 5.75 Å². The highest BCUT2D eigenvalue weighted by molar-refractivity contribution is 6.31. The number of likely N-dealkylation sites (N-methyl/N-ethyl adjacent to an activating group) is 1. The number of carbonyl (C=O) groups is 2. The maximum Gasteiger partial charge on any atom is 0.259 e. The van der Waals surface area contributed by atoms with Crippen molar-refractivity contribution in [3.05, 3.63) is 53.1 Å². The molecule has 0 aliphatic carbocycles. The summed E-state index contributed by atoms with van der Waals surface area (Å²) < 4.78 is 5.45. The van der Waals surface area contributed by atoms with E-state index < -0.39 is 0 Å². The fourth-order valence-corrected chi connectivity index (χ4v) is 2.26. The minimum Gasteiger partial charge on any atom is -0.484 e. The first-order chi connectivity index (χ1) is 12.4. The summed E-state index contributed by atoms with van der Waals surface area (Å²) in [5.41, 5.74) is 2.23. The van der Waals surface area contributed by atoms with Crippen molar-refractivity contribution >= 4 is 34.8 Å². The van der Waals surface area contributed by atoms with Crippen LogP contribution < -0.4 is 15.4 Å². The van der Waals surface area contributed by atoms with Crippen LogP contribution in [0.3, 0.4) is 0 Å². The van der Waals surface area contributed by atoms with E-state index in [2.05, 4.69) is 10.6 Å². The number of ether oxygens (including phenoxy) is 1. The van der Waals surface area contributed by atoms with Crippen LogP contribution in [0.4, 0.5) is 11.4 Å². The molecule has 138 valence electrons. The van der Waals surface area contributed by atoms with Crippen molar-refractivity contribution in [2.45, 2.75) is 6.92 Å². The first-order valence-electron chi connectivity index (χ1n) is 8.08. The van der Waals surface area contributed by atoms with Gasteiger partial charge in [0, 0.05) is 36.6 Å². The van der Waals surface area contributed by atoms with E-state index in [4.69, 9.17) is 16.3 Å². The van der Waals surface area contributed by atoms with Gasteiger partial charge in [-0.05, 0) is 36.8 Å². The molecule has 0 saturated heterocycles. The Hall–Kier alpha value is -2.73. The highest BCUT2D eigenvalue weighted by Gasteiger charge is 2.08. The van der Waals surface area contributed by atoms with E-state index in [0.717, 1.165) is 11.3 Å². The quantitative estimate of drug-likeness (QED) is 0.779. The molecule has 0 aromatic heterocycles. The molecule has 0 fully saturated rings. The Kier molecular flexibility index (Phi) is 6.86. The van der Waals surface area contributed by atoms with Gasteiger partial charge in [0.15, 0.2) is 6.61 Å². The smallest absolute Gasteiger partial charge is 0.259 e. The summed E-state index contributed by atoms with van der Waals surface area (Å²) in [6.07, 6.45) is 0. The fourth-order valence-electron chi connectivity index (χ4n) is 2.09. The highest BCUT2D eigenvalue weighted by atomic mass is 35.5. The zero-order valence-electron chi connectivity index (χ0n) is 15.0. The van der Waals surface area contributed by atoms with Crippen molar-refractivity contribution in [1.29, 1.82) is 0 Å². The van der Waals surface area contributed by atoms with Gasteiger partial charge in [-0.25, -0.2) is 0 Å². The Morgan fingerprint density at radius 2 is 1.88 bits per heavy atom. The van der Waals surface area contributed by atoms with Crippen LogP contribution in [-0.2, 0) is 9.59 Å². The van der Waals surface area contributed by atoms with Crippen molar-refractivity contribution in [3.63, 3.8) is 0 Å². The SMILES string of the molecule is Cc1c(Cl)cccc1NC(=O)CNc1cccc(OCC(=O)N(C)C)c1. The predicted molar refractivity (Wildman–Crippen MR) is 104 cm³/mol. The van der Waals surface area contributed by atoms with Gasteiger partial charge in [0.05, 0.1) is 6.54 Å². The minimum atomic E-state index is -0.190. The second-order valence-corrected chi connectivity index (χ2v) is 6.33. The van der Waals surface area contributed by atoms with Crippen LogP contribution in [0.15, 0.2) is 42.5 Å². The van der Waals surface area contributed by atoms with E-state index in [0.29, 0.717) is 16.5 Å². The number of nitrogens with zero attached hydrogens (tertiary/aromatic N) is 1. The Bertz CT molecular complexity index is 793. The normalized spacial score (nSPS) is 10.2. The van der Waals surface area contributed by atoms with Gasteiger partial charge < -0.3 is 20.3 Å². The Morgan fingerprint density at radius 1 is 1.15 bits per heavy atom. The molecule has 2 amide bonds. The van der Waals surface area contributed by atoms with Gasteiger partial charge in [-0.3, -0.25) is 9.59 Å². The monoisotopic (exact) mass is 375 g/mol. The molecule has 7 heteroatoms. The largest absolute Gasteiger partial charge is 0.484 e. The Labute approximate surface area is 158 Å². The summed E-state index contributed by atoms with van der Waals surface area (Å²) in [6, 6.07) is 12.5.